The SMILES string of the molecule is COc1ccc(NS(=O)(=O)c2cn(C)nc2C)cc1NC(=O)CN1CCCC1. The molecule has 2 N–H and O–H groups in total. The molecule has 1 fully saturated rings. The van der Waals surface area contributed by atoms with Crippen LogP contribution in [0.4, 0.5) is 11.4 Å². The number of rotatable bonds is 7. The van der Waals surface area contributed by atoms with E-state index in [-0.39, 0.29) is 10.8 Å². The molecule has 2 heterocycles. The number of nitrogens with one attached hydrogen (secondary N) is 2. The van der Waals surface area contributed by atoms with Crippen LogP contribution in [-0.4, -0.2) is 55.7 Å². The normalized spacial score (nSPS) is 14.8. The molecule has 1 aliphatic rings. The monoisotopic (exact) mass is 407 g/mol. The minimum Gasteiger partial charge on any atom is -0.495 e. The maximum absolute atomic E-state index is 12.7. The Labute approximate surface area is 164 Å². The second-order valence-electron chi connectivity index (χ2n) is 6.80. The van der Waals surface area contributed by atoms with Gasteiger partial charge in [0.15, 0.2) is 0 Å². The van der Waals surface area contributed by atoms with Crippen LogP contribution in [0.2, 0.25) is 0 Å². The number of methoxy groups -OCH3 is 1. The van der Waals surface area contributed by atoms with Crippen molar-refractivity contribution in [3.63, 3.8) is 0 Å². The van der Waals surface area contributed by atoms with Crippen LogP contribution >= 0.6 is 0 Å². The van der Waals surface area contributed by atoms with Crippen LogP contribution in [0.25, 0.3) is 0 Å². The van der Waals surface area contributed by atoms with Crippen LogP contribution in [0.1, 0.15) is 18.5 Å². The van der Waals surface area contributed by atoms with Gasteiger partial charge in [0.05, 0.1) is 30.7 Å². The number of benzene rings is 1. The van der Waals surface area contributed by atoms with Crippen molar-refractivity contribution in [3.8, 4) is 5.75 Å². The molecule has 0 aliphatic carbocycles. The predicted molar refractivity (Wildman–Crippen MR) is 106 cm³/mol. The van der Waals surface area contributed by atoms with Crippen LogP contribution in [0.3, 0.4) is 0 Å². The second-order valence-corrected chi connectivity index (χ2v) is 8.46. The first-order valence-electron chi connectivity index (χ1n) is 9.02. The van der Waals surface area contributed by atoms with E-state index >= 15 is 0 Å². The molecule has 2 aromatic rings. The lowest BCUT2D eigenvalue weighted by molar-refractivity contribution is -0.117. The van der Waals surface area contributed by atoms with Gasteiger partial charge in [-0.05, 0) is 51.1 Å². The first-order valence-corrected chi connectivity index (χ1v) is 10.5. The highest BCUT2D eigenvalue weighted by Gasteiger charge is 2.21. The van der Waals surface area contributed by atoms with Gasteiger partial charge in [-0.15, -0.1) is 0 Å². The topological polar surface area (TPSA) is 106 Å². The standard InChI is InChI=1S/C18H25N5O4S/c1-13-17(11-22(2)20-13)28(25,26)21-14-6-7-16(27-3)15(10-14)19-18(24)12-23-8-4-5-9-23/h6-7,10-11,21H,4-5,8-9,12H2,1-3H3,(H,19,24). The zero-order valence-corrected chi connectivity index (χ0v) is 17.0. The summed E-state index contributed by atoms with van der Waals surface area (Å²) in [6.07, 6.45) is 3.64. The summed E-state index contributed by atoms with van der Waals surface area (Å²) in [5, 5.41) is 6.88. The average molecular weight is 407 g/mol. The average Bonchev–Trinajstić information content (AvgIpc) is 3.24. The fourth-order valence-corrected chi connectivity index (χ4v) is 4.52. The fourth-order valence-electron chi connectivity index (χ4n) is 3.25. The van der Waals surface area contributed by atoms with Crippen LogP contribution < -0.4 is 14.8 Å². The Morgan fingerprint density at radius 1 is 1.29 bits per heavy atom. The smallest absolute Gasteiger partial charge is 0.265 e. The van der Waals surface area contributed by atoms with E-state index in [2.05, 4.69) is 20.0 Å². The Kier molecular flexibility index (Phi) is 5.90. The molecule has 0 atom stereocenters. The molecular weight excluding hydrogens is 382 g/mol. The molecule has 28 heavy (non-hydrogen) atoms. The second kappa shape index (κ2) is 8.19. The molecule has 0 spiro atoms. The predicted octanol–water partition coefficient (Wildman–Crippen LogP) is 1.57. The quantitative estimate of drug-likeness (QED) is 0.722. The summed E-state index contributed by atoms with van der Waals surface area (Å²) in [7, 11) is -0.647. The molecule has 3 rings (SSSR count). The number of amides is 1. The summed E-state index contributed by atoms with van der Waals surface area (Å²) >= 11 is 0. The number of carbonyl (C=O) groups is 1. The van der Waals surface area contributed by atoms with Gasteiger partial charge in [0, 0.05) is 13.2 Å². The molecule has 1 saturated heterocycles. The van der Waals surface area contributed by atoms with E-state index in [0.717, 1.165) is 25.9 Å². The zero-order chi connectivity index (χ0) is 20.3. The molecule has 0 bridgehead atoms. The van der Waals surface area contributed by atoms with Gasteiger partial charge < -0.3 is 10.1 Å². The summed E-state index contributed by atoms with van der Waals surface area (Å²) in [6, 6.07) is 4.74. The maximum atomic E-state index is 12.7. The molecule has 0 saturated carbocycles. The van der Waals surface area contributed by atoms with Gasteiger partial charge in [0.25, 0.3) is 10.0 Å². The highest BCUT2D eigenvalue weighted by atomic mass is 32.2. The van der Waals surface area contributed by atoms with Gasteiger partial charge in [-0.2, -0.15) is 5.10 Å². The van der Waals surface area contributed by atoms with Crippen LogP contribution in [0.5, 0.6) is 5.75 Å². The Balaban J connectivity index is 1.78. The Morgan fingerprint density at radius 3 is 2.61 bits per heavy atom. The minimum absolute atomic E-state index is 0.102. The number of sulfonamides is 1. The van der Waals surface area contributed by atoms with Crippen molar-refractivity contribution in [2.24, 2.45) is 7.05 Å². The number of hydrogen-bond donors (Lipinski definition) is 2. The molecule has 9 nitrogen and oxygen atoms in total. The first-order chi connectivity index (χ1) is 13.3. The summed E-state index contributed by atoms with van der Waals surface area (Å²) in [5.41, 5.74) is 1.14. The first kappa shape index (κ1) is 20.2. The molecule has 10 heteroatoms. The Hall–Kier alpha value is -2.59. The number of aryl methyl sites for hydroxylation is 2. The minimum atomic E-state index is -3.80. The van der Waals surface area contributed by atoms with E-state index in [0.29, 0.717) is 29.4 Å². The van der Waals surface area contributed by atoms with E-state index in [1.807, 2.05) is 0 Å². The van der Waals surface area contributed by atoms with Gasteiger partial charge >= 0.3 is 0 Å². The largest absolute Gasteiger partial charge is 0.495 e. The third-order valence-corrected chi connectivity index (χ3v) is 6.03. The lowest BCUT2D eigenvalue weighted by Gasteiger charge is -2.16. The molecule has 1 aromatic heterocycles. The Bertz CT molecular complexity index is 964. The van der Waals surface area contributed by atoms with Gasteiger partial charge in [-0.1, -0.05) is 0 Å². The molecule has 152 valence electrons. The van der Waals surface area contributed by atoms with E-state index in [4.69, 9.17) is 4.74 Å². The van der Waals surface area contributed by atoms with Crippen molar-refractivity contribution < 1.29 is 17.9 Å². The fraction of sp³-hybridized carbons (Fsp3) is 0.444. The van der Waals surface area contributed by atoms with Crippen molar-refractivity contribution in [2.45, 2.75) is 24.7 Å². The maximum Gasteiger partial charge on any atom is 0.265 e. The highest BCUT2D eigenvalue weighted by Crippen LogP contribution is 2.29. The lowest BCUT2D eigenvalue weighted by Crippen LogP contribution is -2.31. The highest BCUT2D eigenvalue weighted by molar-refractivity contribution is 7.92. The molecule has 0 unspecified atom stereocenters. The van der Waals surface area contributed by atoms with E-state index < -0.39 is 10.0 Å². The van der Waals surface area contributed by atoms with E-state index in [9.17, 15) is 13.2 Å². The number of hydrogen-bond acceptors (Lipinski definition) is 6. The number of carbonyl (C=O) groups excluding carboxylic acids is 1. The number of aromatic nitrogens is 2. The Morgan fingerprint density at radius 2 is 2.00 bits per heavy atom. The zero-order valence-electron chi connectivity index (χ0n) is 16.2. The van der Waals surface area contributed by atoms with E-state index in [1.54, 1.807) is 32.2 Å². The summed E-state index contributed by atoms with van der Waals surface area (Å²) < 4.78 is 34.6. The van der Waals surface area contributed by atoms with Gasteiger partial charge in [-0.25, -0.2) is 8.42 Å². The molecule has 1 amide bonds. The molecule has 1 aromatic carbocycles. The summed E-state index contributed by atoms with van der Waals surface area (Å²) in [5.74, 6) is 0.290. The van der Waals surface area contributed by atoms with Crippen LogP contribution in [-0.2, 0) is 21.9 Å². The third kappa shape index (κ3) is 4.63. The van der Waals surface area contributed by atoms with Crippen molar-refractivity contribution in [2.75, 3.05) is 36.8 Å². The molecule has 0 radical (unpaired) electrons. The number of anilines is 2. The number of ether oxygens (including phenoxy) is 1. The van der Waals surface area contributed by atoms with Gasteiger partial charge in [0.2, 0.25) is 5.91 Å². The number of likely N-dealkylation sites (tertiary alicyclic amines) is 1. The van der Waals surface area contributed by atoms with Crippen LogP contribution in [0.15, 0.2) is 29.3 Å². The molecular formula is C18H25N5O4S. The summed E-state index contributed by atoms with van der Waals surface area (Å²) in [4.78, 5) is 14.5. The van der Waals surface area contributed by atoms with Crippen molar-refractivity contribution in [1.29, 1.82) is 0 Å². The number of nitrogens with zero attached hydrogens (tertiary/aromatic N) is 3. The van der Waals surface area contributed by atoms with Crippen molar-refractivity contribution in [3.05, 3.63) is 30.1 Å². The van der Waals surface area contributed by atoms with Crippen molar-refractivity contribution in [1.82, 2.24) is 14.7 Å². The third-order valence-electron chi connectivity index (χ3n) is 4.55. The van der Waals surface area contributed by atoms with E-state index in [1.165, 1.54) is 18.0 Å². The lowest BCUT2D eigenvalue weighted by atomic mass is 10.2. The van der Waals surface area contributed by atoms with Gasteiger partial charge in [-0.3, -0.25) is 19.1 Å². The van der Waals surface area contributed by atoms with Crippen LogP contribution in [0, 0.1) is 6.92 Å². The summed E-state index contributed by atoms with van der Waals surface area (Å²) in [6.45, 7) is 3.75. The van der Waals surface area contributed by atoms with Crippen molar-refractivity contribution >= 4 is 27.3 Å². The molecule has 1 aliphatic heterocycles. The van der Waals surface area contributed by atoms with Gasteiger partial charge in [0.1, 0.15) is 10.6 Å².